The summed E-state index contributed by atoms with van der Waals surface area (Å²) in [5.74, 6) is 0.813. The molecule has 0 spiro atoms. The summed E-state index contributed by atoms with van der Waals surface area (Å²) in [6.45, 7) is 2.99. The van der Waals surface area contributed by atoms with Crippen molar-refractivity contribution in [2.45, 2.75) is 19.3 Å². The molecule has 1 aliphatic heterocycles. The minimum Gasteiger partial charge on any atom is -0.495 e. The first kappa shape index (κ1) is 15.8. The SMILES string of the molecule is COc1ccccc1NC(=O)C1CCN(CCCO)CC1. The summed E-state index contributed by atoms with van der Waals surface area (Å²) in [5, 5.41) is 11.8. The van der Waals surface area contributed by atoms with Gasteiger partial charge in [-0.2, -0.15) is 0 Å². The summed E-state index contributed by atoms with van der Waals surface area (Å²) in [5.41, 5.74) is 0.729. The molecule has 0 aliphatic carbocycles. The van der Waals surface area contributed by atoms with Gasteiger partial charge in [-0.25, -0.2) is 0 Å². The van der Waals surface area contributed by atoms with Crippen molar-refractivity contribution >= 4 is 11.6 Å². The van der Waals surface area contributed by atoms with Crippen molar-refractivity contribution in [3.05, 3.63) is 24.3 Å². The lowest BCUT2D eigenvalue weighted by Crippen LogP contribution is -2.38. The molecule has 0 radical (unpaired) electrons. The second-order valence-corrected chi connectivity index (χ2v) is 5.38. The highest BCUT2D eigenvalue weighted by molar-refractivity contribution is 5.94. The van der Waals surface area contributed by atoms with Crippen molar-refractivity contribution in [3.8, 4) is 5.75 Å². The maximum absolute atomic E-state index is 12.3. The molecule has 5 nitrogen and oxygen atoms in total. The Kier molecular flexibility index (Phi) is 6.02. The van der Waals surface area contributed by atoms with Crippen molar-refractivity contribution in [2.24, 2.45) is 5.92 Å². The number of ether oxygens (including phenoxy) is 1. The smallest absolute Gasteiger partial charge is 0.227 e. The lowest BCUT2D eigenvalue weighted by Gasteiger charge is -2.31. The van der Waals surface area contributed by atoms with Crippen LogP contribution in [0.5, 0.6) is 5.75 Å². The summed E-state index contributed by atoms with van der Waals surface area (Å²) >= 11 is 0. The highest BCUT2D eigenvalue weighted by atomic mass is 16.5. The number of para-hydroxylation sites is 2. The van der Waals surface area contributed by atoms with Gasteiger partial charge in [0.25, 0.3) is 0 Å². The molecule has 0 unspecified atom stereocenters. The van der Waals surface area contributed by atoms with Gasteiger partial charge < -0.3 is 20.1 Å². The number of methoxy groups -OCH3 is 1. The normalized spacial score (nSPS) is 16.7. The molecule has 2 N–H and O–H groups in total. The number of hydrogen-bond donors (Lipinski definition) is 2. The fourth-order valence-electron chi connectivity index (χ4n) is 2.70. The van der Waals surface area contributed by atoms with Crippen LogP contribution in [0.15, 0.2) is 24.3 Å². The molecule has 1 saturated heterocycles. The number of hydrogen-bond acceptors (Lipinski definition) is 4. The van der Waals surface area contributed by atoms with Crippen molar-refractivity contribution in [3.63, 3.8) is 0 Å². The molecule has 1 amide bonds. The minimum atomic E-state index is 0.0558. The van der Waals surface area contributed by atoms with Crippen LogP contribution in [-0.2, 0) is 4.79 Å². The van der Waals surface area contributed by atoms with E-state index in [9.17, 15) is 4.79 Å². The summed E-state index contributed by atoms with van der Waals surface area (Å²) in [6.07, 6.45) is 2.54. The van der Waals surface area contributed by atoms with Gasteiger partial charge in [0.2, 0.25) is 5.91 Å². The van der Waals surface area contributed by atoms with Crippen molar-refractivity contribution < 1.29 is 14.6 Å². The second-order valence-electron chi connectivity index (χ2n) is 5.38. The summed E-state index contributed by atoms with van der Waals surface area (Å²) < 4.78 is 5.25. The molecule has 1 aliphatic rings. The Bertz CT molecular complexity index is 457. The standard InChI is InChI=1S/C16H24N2O3/c1-21-15-6-3-2-5-14(15)17-16(20)13-7-10-18(11-8-13)9-4-12-19/h2-3,5-6,13,19H,4,7-12H2,1H3,(H,17,20). The highest BCUT2D eigenvalue weighted by Gasteiger charge is 2.25. The molecular formula is C16H24N2O3. The van der Waals surface area contributed by atoms with E-state index < -0.39 is 0 Å². The topological polar surface area (TPSA) is 61.8 Å². The second kappa shape index (κ2) is 8.00. The van der Waals surface area contributed by atoms with E-state index >= 15 is 0 Å². The van der Waals surface area contributed by atoms with E-state index in [0.29, 0.717) is 5.75 Å². The predicted octanol–water partition coefficient (Wildman–Crippen LogP) is 1.73. The number of carbonyl (C=O) groups excluding carboxylic acids is 1. The lowest BCUT2D eigenvalue weighted by molar-refractivity contribution is -0.121. The quantitative estimate of drug-likeness (QED) is 0.838. The summed E-state index contributed by atoms with van der Waals surface area (Å²) in [7, 11) is 1.60. The number of amides is 1. The van der Waals surface area contributed by atoms with E-state index in [2.05, 4.69) is 10.2 Å². The third kappa shape index (κ3) is 4.44. The molecule has 2 rings (SSSR count). The Morgan fingerprint density at radius 1 is 1.38 bits per heavy atom. The van der Waals surface area contributed by atoms with E-state index in [4.69, 9.17) is 9.84 Å². The first-order valence-corrected chi connectivity index (χ1v) is 7.51. The zero-order valence-corrected chi connectivity index (χ0v) is 12.5. The van der Waals surface area contributed by atoms with E-state index in [1.165, 1.54) is 0 Å². The van der Waals surface area contributed by atoms with Gasteiger partial charge in [-0.1, -0.05) is 12.1 Å². The predicted molar refractivity (Wildman–Crippen MR) is 82.5 cm³/mol. The Balaban J connectivity index is 1.85. The molecule has 21 heavy (non-hydrogen) atoms. The Morgan fingerprint density at radius 3 is 2.76 bits per heavy atom. The Hall–Kier alpha value is -1.59. The molecule has 1 fully saturated rings. The van der Waals surface area contributed by atoms with Gasteiger partial charge in [0.1, 0.15) is 5.75 Å². The monoisotopic (exact) mass is 292 g/mol. The Morgan fingerprint density at radius 2 is 2.10 bits per heavy atom. The molecule has 5 heteroatoms. The van der Waals surface area contributed by atoms with Crippen LogP contribution in [0.2, 0.25) is 0 Å². The van der Waals surface area contributed by atoms with Crippen LogP contribution in [0.1, 0.15) is 19.3 Å². The largest absolute Gasteiger partial charge is 0.495 e. The zero-order chi connectivity index (χ0) is 15.1. The minimum absolute atomic E-state index is 0.0558. The number of carbonyl (C=O) groups is 1. The number of likely N-dealkylation sites (tertiary alicyclic amines) is 1. The van der Waals surface area contributed by atoms with Crippen molar-refractivity contribution in [2.75, 3.05) is 38.7 Å². The molecule has 1 heterocycles. The van der Waals surface area contributed by atoms with Gasteiger partial charge in [-0.3, -0.25) is 4.79 Å². The van der Waals surface area contributed by atoms with Gasteiger partial charge in [0.05, 0.1) is 12.8 Å². The first-order chi connectivity index (χ1) is 10.2. The Labute approximate surface area is 125 Å². The average molecular weight is 292 g/mol. The lowest BCUT2D eigenvalue weighted by atomic mass is 9.95. The van der Waals surface area contributed by atoms with Crippen LogP contribution in [-0.4, -0.2) is 49.3 Å². The number of rotatable bonds is 6. The van der Waals surface area contributed by atoms with E-state index in [1.807, 2.05) is 24.3 Å². The zero-order valence-electron chi connectivity index (χ0n) is 12.5. The third-order valence-electron chi connectivity index (χ3n) is 3.96. The molecule has 116 valence electrons. The molecule has 1 aromatic rings. The van der Waals surface area contributed by atoms with Crippen LogP contribution < -0.4 is 10.1 Å². The number of piperidine rings is 1. The van der Waals surface area contributed by atoms with Crippen molar-refractivity contribution in [1.29, 1.82) is 0 Å². The van der Waals surface area contributed by atoms with Gasteiger partial charge in [-0.05, 0) is 44.5 Å². The van der Waals surface area contributed by atoms with E-state index in [-0.39, 0.29) is 18.4 Å². The maximum atomic E-state index is 12.3. The first-order valence-electron chi connectivity index (χ1n) is 7.51. The molecule has 0 saturated carbocycles. The number of aliphatic hydroxyl groups excluding tert-OH is 1. The number of aliphatic hydroxyl groups is 1. The van der Waals surface area contributed by atoms with E-state index in [1.54, 1.807) is 7.11 Å². The summed E-state index contributed by atoms with van der Waals surface area (Å²) in [6, 6.07) is 7.46. The number of nitrogens with zero attached hydrogens (tertiary/aromatic N) is 1. The van der Waals surface area contributed by atoms with Crippen LogP contribution in [0.4, 0.5) is 5.69 Å². The molecule has 0 bridgehead atoms. The van der Waals surface area contributed by atoms with Gasteiger partial charge in [-0.15, -0.1) is 0 Å². The summed E-state index contributed by atoms with van der Waals surface area (Å²) in [4.78, 5) is 14.6. The van der Waals surface area contributed by atoms with Gasteiger partial charge in [0, 0.05) is 19.1 Å². The molecule has 0 aromatic heterocycles. The number of benzene rings is 1. The fraction of sp³-hybridized carbons (Fsp3) is 0.562. The van der Waals surface area contributed by atoms with Crippen LogP contribution in [0.3, 0.4) is 0 Å². The molecule has 0 atom stereocenters. The van der Waals surface area contributed by atoms with Crippen LogP contribution in [0.25, 0.3) is 0 Å². The molecule has 1 aromatic carbocycles. The number of anilines is 1. The van der Waals surface area contributed by atoms with Crippen molar-refractivity contribution in [1.82, 2.24) is 4.90 Å². The third-order valence-corrected chi connectivity index (χ3v) is 3.96. The maximum Gasteiger partial charge on any atom is 0.227 e. The van der Waals surface area contributed by atoms with Gasteiger partial charge in [0.15, 0.2) is 0 Å². The van der Waals surface area contributed by atoms with E-state index in [0.717, 1.165) is 44.6 Å². The molecular weight excluding hydrogens is 268 g/mol. The number of nitrogens with one attached hydrogen (secondary N) is 1. The van der Waals surface area contributed by atoms with Gasteiger partial charge >= 0.3 is 0 Å². The van der Waals surface area contributed by atoms with Crippen LogP contribution in [0, 0.1) is 5.92 Å². The highest BCUT2D eigenvalue weighted by Crippen LogP contribution is 2.25. The average Bonchev–Trinajstić information content (AvgIpc) is 2.54. The van der Waals surface area contributed by atoms with Crippen LogP contribution >= 0.6 is 0 Å². The fourth-order valence-corrected chi connectivity index (χ4v) is 2.70.